The summed E-state index contributed by atoms with van der Waals surface area (Å²) in [6.45, 7) is 11.8. The molecule has 2 aliphatic rings. The van der Waals surface area contributed by atoms with E-state index >= 15 is 0 Å². The topological polar surface area (TPSA) is 35.6 Å². The van der Waals surface area contributed by atoms with Gasteiger partial charge in [0.05, 0.1) is 6.04 Å². The van der Waals surface area contributed by atoms with E-state index in [0.29, 0.717) is 5.92 Å². The van der Waals surface area contributed by atoms with E-state index in [4.69, 9.17) is 0 Å². The Hall–Kier alpha value is -0.610. The number of piperidine rings is 1. The van der Waals surface area contributed by atoms with Crippen LogP contribution >= 0.6 is 0 Å². The normalized spacial score (nSPS) is 24.2. The van der Waals surface area contributed by atoms with Gasteiger partial charge in [0, 0.05) is 25.7 Å². The van der Waals surface area contributed by atoms with Crippen LogP contribution in [0, 0.1) is 5.92 Å². The second-order valence-corrected chi connectivity index (χ2v) is 6.83. The van der Waals surface area contributed by atoms with Gasteiger partial charge >= 0.3 is 0 Å². The molecule has 2 rings (SSSR count). The van der Waals surface area contributed by atoms with E-state index in [1.165, 1.54) is 38.8 Å². The third-order valence-electron chi connectivity index (χ3n) is 4.77. The predicted octanol–water partition coefficient (Wildman–Crippen LogP) is 1.71. The van der Waals surface area contributed by atoms with Gasteiger partial charge in [-0.25, -0.2) is 0 Å². The van der Waals surface area contributed by atoms with E-state index in [1.807, 2.05) is 6.92 Å². The summed E-state index contributed by atoms with van der Waals surface area (Å²) in [6.07, 6.45) is 5.19. The molecule has 1 atom stereocenters. The van der Waals surface area contributed by atoms with Crippen LogP contribution in [0.3, 0.4) is 0 Å². The predicted molar refractivity (Wildman–Crippen MR) is 82.7 cm³/mol. The molecule has 0 aliphatic carbocycles. The Labute approximate surface area is 123 Å². The van der Waals surface area contributed by atoms with Crippen molar-refractivity contribution >= 4 is 5.91 Å². The molecule has 4 heteroatoms. The highest BCUT2D eigenvalue weighted by Gasteiger charge is 2.30. The fourth-order valence-corrected chi connectivity index (χ4v) is 3.36. The largest absolute Gasteiger partial charge is 0.354 e. The molecule has 4 nitrogen and oxygen atoms in total. The summed E-state index contributed by atoms with van der Waals surface area (Å²) in [7, 11) is 0. The zero-order valence-corrected chi connectivity index (χ0v) is 13.4. The summed E-state index contributed by atoms with van der Waals surface area (Å²) in [5.41, 5.74) is 0. The third-order valence-corrected chi connectivity index (χ3v) is 4.77. The lowest BCUT2D eigenvalue weighted by molar-refractivity contribution is -0.126. The molecular formula is C16H31N3O. The van der Waals surface area contributed by atoms with Crippen molar-refractivity contribution in [3.63, 3.8) is 0 Å². The number of carbonyl (C=O) groups is 1. The standard InChI is InChI=1S/C16H31N3O/c1-13(2)12-17-16(20)14(3)18-10-6-15(7-11-18)19-8-4-5-9-19/h13-15H,4-12H2,1-3H3,(H,17,20)/t14-/m1/s1. The number of amides is 1. The van der Waals surface area contributed by atoms with Gasteiger partial charge in [-0.3, -0.25) is 9.69 Å². The van der Waals surface area contributed by atoms with Crippen molar-refractivity contribution < 1.29 is 4.79 Å². The summed E-state index contributed by atoms with van der Waals surface area (Å²) in [6, 6.07) is 0.785. The quantitative estimate of drug-likeness (QED) is 0.833. The molecule has 2 saturated heterocycles. The summed E-state index contributed by atoms with van der Waals surface area (Å²) >= 11 is 0. The maximum Gasteiger partial charge on any atom is 0.237 e. The van der Waals surface area contributed by atoms with Gasteiger partial charge in [-0.05, 0) is 51.6 Å². The first kappa shape index (κ1) is 15.8. The average molecular weight is 281 g/mol. The minimum atomic E-state index is 0.0216. The monoisotopic (exact) mass is 281 g/mol. The van der Waals surface area contributed by atoms with Crippen LogP contribution in [0.4, 0.5) is 0 Å². The van der Waals surface area contributed by atoms with Gasteiger partial charge in [0.1, 0.15) is 0 Å². The van der Waals surface area contributed by atoms with Crippen LogP contribution in [-0.2, 0) is 4.79 Å². The number of nitrogens with zero attached hydrogens (tertiary/aromatic N) is 2. The fourth-order valence-electron chi connectivity index (χ4n) is 3.36. The molecule has 0 radical (unpaired) electrons. The molecule has 0 bridgehead atoms. The molecule has 116 valence electrons. The van der Waals surface area contributed by atoms with Gasteiger partial charge < -0.3 is 10.2 Å². The van der Waals surface area contributed by atoms with E-state index in [-0.39, 0.29) is 11.9 Å². The summed E-state index contributed by atoms with van der Waals surface area (Å²) in [5.74, 6) is 0.713. The van der Waals surface area contributed by atoms with Crippen LogP contribution in [0.15, 0.2) is 0 Å². The highest BCUT2D eigenvalue weighted by atomic mass is 16.2. The first-order valence-electron chi connectivity index (χ1n) is 8.33. The smallest absolute Gasteiger partial charge is 0.237 e. The number of likely N-dealkylation sites (tertiary alicyclic amines) is 2. The molecule has 0 saturated carbocycles. The number of rotatable bonds is 5. The third kappa shape index (κ3) is 4.19. The highest BCUT2D eigenvalue weighted by molar-refractivity contribution is 5.81. The minimum absolute atomic E-state index is 0.0216. The fraction of sp³-hybridized carbons (Fsp3) is 0.938. The molecule has 0 aromatic carbocycles. The van der Waals surface area contributed by atoms with E-state index in [0.717, 1.165) is 25.7 Å². The molecule has 0 aromatic heterocycles. The Balaban J connectivity index is 1.73. The van der Waals surface area contributed by atoms with Crippen molar-refractivity contribution in [2.75, 3.05) is 32.7 Å². The summed E-state index contributed by atoms with van der Waals surface area (Å²) in [4.78, 5) is 17.1. The van der Waals surface area contributed by atoms with Crippen LogP contribution in [0.1, 0.15) is 46.5 Å². The van der Waals surface area contributed by atoms with Crippen LogP contribution in [0.2, 0.25) is 0 Å². The van der Waals surface area contributed by atoms with Gasteiger partial charge in [0.2, 0.25) is 5.91 Å². The lowest BCUT2D eigenvalue weighted by Crippen LogP contribution is -2.51. The van der Waals surface area contributed by atoms with Gasteiger partial charge in [0.25, 0.3) is 0 Å². The molecular weight excluding hydrogens is 250 g/mol. The van der Waals surface area contributed by atoms with Crippen LogP contribution in [0.25, 0.3) is 0 Å². The molecule has 1 N–H and O–H groups in total. The van der Waals surface area contributed by atoms with Crippen molar-refractivity contribution in [2.45, 2.75) is 58.5 Å². The van der Waals surface area contributed by atoms with Gasteiger partial charge in [-0.1, -0.05) is 13.8 Å². The van der Waals surface area contributed by atoms with Crippen LogP contribution < -0.4 is 5.32 Å². The van der Waals surface area contributed by atoms with E-state index < -0.39 is 0 Å². The minimum Gasteiger partial charge on any atom is -0.354 e. The molecule has 2 fully saturated rings. The molecule has 0 spiro atoms. The molecule has 1 amide bonds. The first-order chi connectivity index (χ1) is 9.58. The average Bonchev–Trinajstić information content (AvgIpc) is 2.98. The Morgan fingerprint density at radius 1 is 1.10 bits per heavy atom. The number of nitrogens with one attached hydrogen (secondary N) is 1. The lowest BCUT2D eigenvalue weighted by Gasteiger charge is -2.38. The van der Waals surface area contributed by atoms with E-state index in [2.05, 4.69) is 29.0 Å². The molecule has 0 aromatic rings. The van der Waals surface area contributed by atoms with Gasteiger partial charge in [-0.15, -0.1) is 0 Å². The Morgan fingerprint density at radius 2 is 1.70 bits per heavy atom. The van der Waals surface area contributed by atoms with Gasteiger partial charge in [0.15, 0.2) is 0 Å². The second-order valence-electron chi connectivity index (χ2n) is 6.83. The first-order valence-corrected chi connectivity index (χ1v) is 8.33. The van der Waals surface area contributed by atoms with E-state index in [9.17, 15) is 4.79 Å². The van der Waals surface area contributed by atoms with Crippen LogP contribution in [0.5, 0.6) is 0 Å². The maximum atomic E-state index is 12.1. The zero-order chi connectivity index (χ0) is 14.5. The summed E-state index contributed by atoms with van der Waals surface area (Å²) < 4.78 is 0. The van der Waals surface area contributed by atoms with Crippen molar-refractivity contribution in [2.24, 2.45) is 5.92 Å². The summed E-state index contributed by atoms with van der Waals surface area (Å²) in [5, 5.41) is 3.05. The number of carbonyl (C=O) groups excluding carboxylic acids is 1. The Bertz CT molecular complexity index is 305. The zero-order valence-electron chi connectivity index (χ0n) is 13.4. The van der Waals surface area contributed by atoms with Crippen molar-refractivity contribution in [3.05, 3.63) is 0 Å². The Kier molecular flexibility index (Phi) is 5.85. The van der Waals surface area contributed by atoms with E-state index in [1.54, 1.807) is 0 Å². The second kappa shape index (κ2) is 7.41. The Morgan fingerprint density at radius 3 is 2.25 bits per heavy atom. The molecule has 2 aliphatic heterocycles. The van der Waals surface area contributed by atoms with Crippen molar-refractivity contribution in [3.8, 4) is 0 Å². The van der Waals surface area contributed by atoms with Crippen LogP contribution in [-0.4, -0.2) is 60.5 Å². The maximum absolute atomic E-state index is 12.1. The number of hydrogen-bond acceptors (Lipinski definition) is 3. The van der Waals surface area contributed by atoms with Gasteiger partial charge in [-0.2, -0.15) is 0 Å². The highest BCUT2D eigenvalue weighted by Crippen LogP contribution is 2.22. The number of hydrogen-bond donors (Lipinski definition) is 1. The SMILES string of the molecule is CC(C)CNC(=O)[C@@H](C)N1CCC(N2CCCC2)CC1. The lowest BCUT2D eigenvalue weighted by atomic mass is 10.0. The van der Waals surface area contributed by atoms with Crippen molar-refractivity contribution in [1.82, 2.24) is 15.1 Å². The molecule has 0 unspecified atom stereocenters. The molecule has 2 heterocycles. The molecule has 20 heavy (non-hydrogen) atoms. The van der Waals surface area contributed by atoms with Crippen molar-refractivity contribution in [1.29, 1.82) is 0 Å².